The molecule has 16 heavy (non-hydrogen) atoms. The van der Waals surface area contributed by atoms with Crippen LogP contribution in [0.4, 0.5) is 5.82 Å². The van der Waals surface area contributed by atoms with Crippen LogP contribution in [-0.4, -0.2) is 12.3 Å². The van der Waals surface area contributed by atoms with Crippen molar-refractivity contribution in [2.24, 2.45) is 0 Å². The molecule has 0 radical (unpaired) electrons. The molecule has 1 heterocycles. The number of hydrogen-bond donors (Lipinski definition) is 1. The summed E-state index contributed by atoms with van der Waals surface area (Å²) >= 11 is 12.0. The first-order chi connectivity index (χ1) is 7.61. The monoisotopic (exact) mass is 258 g/mol. The summed E-state index contributed by atoms with van der Waals surface area (Å²) < 4.78 is 10.0. The third-order valence-electron chi connectivity index (χ3n) is 2.04. The van der Waals surface area contributed by atoms with Crippen LogP contribution < -0.4 is 10.5 Å². The summed E-state index contributed by atoms with van der Waals surface area (Å²) in [5, 5.41) is 4.47. The average molecular weight is 259 g/mol. The molecule has 6 heteroatoms. The number of methoxy groups -OCH3 is 1. The molecule has 0 aliphatic heterocycles. The van der Waals surface area contributed by atoms with Gasteiger partial charge in [-0.15, -0.1) is 0 Å². The average Bonchev–Trinajstić information content (AvgIpc) is 2.67. The first-order valence-corrected chi connectivity index (χ1v) is 5.13. The van der Waals surface area contributed by atoms with Gasteiger partial charge in [-0.05, 0) is 6.07 Å². The van der Waals surface area contributed by atoms with E-state index in [-0.39, 0.29) is 5.82 Å². The highest BCUT2D eigenvalue weighted by Crippen LogP contribution is 2.36. The van der Waals surface area contributed by atoms with E-state index in [1.54, 1.807) is 18.2 Å². The molecule has 2 aromatic rings. The van der Waals surface area contributed by atoms with Gasteiger partial charge in [0.05, 0.1) is 17.2 Å². The van der Waals surface area contributed by atoms with Gasteiger partial charge in [-0.2, -0.15) is 0 Å². The van der Waals surface area contributed by atoms with Crippen molar-refractivity contribution >= 4 is 29.0 Å². The molecule has 0 aliphatic rings. The third kappa shape index (κ3) is 1.94. The minimum absolute atomic E-state index is 0.290. The fraction of sp³-hybridized carbons (Fsp3) is 0.100. The smallest absolute Gasteiger partial charge is 0.170 e. The number of hydrogen-bond acceptors (Lipinski definition) is 4. The van der Waals surface area contributed by atoms with Gasteiger partial charge in [-0.25, -0.2) is 0 Å². The van der Waals surface area contributed by atoms with Crippen molar-refractivity contribution in [3.05, 3.63) is 28.2 Å². The maximum Gasteiger partial charge on any atom is 0.170 e. The quantitative estimate of drug-likeness (QED) is 0.899. The van der Waals surface area contributed by atoms with E-state index in [2.05, 4.69) is 5.16 Å². The standard InChI is InChI=1S/C10H8Cl2N2O2/c1-15-9-3-6(11)5(2-7(9)12)8-4-10(13)14-16-8/h2-4H,1H3,(H2,13,14). The Labute approximate surface area is 102 Å². The number of nitrogens with two attached hydrogens (primary N) is 1. The predicted octanol–water partition coefficient (Wildman–Crippen LogP) is 3.24. The largest absolute Gasteiger partial charge is 0.495 e. The van der Waals surface area contributed by atoms with E-state index >= 15 is 0 Å². The lowest BCUT2D eigenvalue weighted by atomic mass is 10.1. The molecule has 4 nitrogen and oxygen atoms in total. The molecule has 2 rings (SSSR count). The van der Waals surface area contributed by atoms with Gasteiger partial charge in [0.15, 0.2) is 11.6 Å². The maximum atomic E-state index is 6.06. The van der Waals surface area contributed by atoms with Crippen LogP contribution in [0.5, 0.6) is 5.75 Å². The zero-order valence-corrected chi connectivity index (χ0v) is 9.84. The first kappa shape index (κ1) is 11.1. The van der Waals surface area contributed by atoms with Gasteiger partial charge in [0.1, 0.15) is 5.75 Å². The summed E-state index contributed by atoms with van der Waals surface area (Å²) in [6, 6.07) is 4.82. The number of rotatable bonds is 2. The number of anilines is 1. The van der Waals surface area contributed by atoms with Crippen molar-refractivity contribution in [3.8, 4) is 17.1 Å². The van der Waals surface area contributed by atoms with Gasteiger partial charge in [0.2, 0.25) is 0 Å². The van der Waals surface area contributed by atoms with Gasteiger partial charge in [-0.3, -0.25) is 0 Å². The molecule has 0 saturated heterocycles. The molecule has 0 spiro atoms. The Morgan fingerprint density at radius 1 is 1.25 bits per heavy atom. The lowest BCUT2D eigenvalue weighted by Gasteiger charge is -2.06. The highest BCUT2D eigenvalue weighted by Gasteiger charge is 2.13. The number of nitrogens with zero attached hydrogens (tertiary/aromatic N) is 1. The molecule has 0 fully saturated rings. The molecule has 2 N–H and O–H groups in total. The van der Waals surface area contributed by atoms with Crippen LogP contribution in [0.25, 0.3) is 11.3 Å². The number of halogens is 2. The molecule has 0 atom stereocenters. The van der Waals surface area contributed by atoms with Gasteiger partial charge in [0, 0.05) is 17.7 Å². The van der Waals surface area contributed by atoms with E-state index in [9.17, 15) is 0 Å². The van der Waals surface area contributed by atoms with Crippen molar-refractivity contribution < 1.29 is 9.26 Å². The van der Waals surface area contributed by atoms with Crippen molar-refractivity contribution in [2.45, 2.75) is 0 Å². The van der Waals surface area contributed by atoms with Crippen LogP contribution in [0.15, 0.2) is 22.7 Å². The number of ether oxygens (including phenoxy) is 1. The second-order valence-corrected chi connectivity index (χ2v) is 3.90. The molecule has 0 saturated carbocycles. The van der Waals surface area contributed by atoms with Crippen molar-refractivity contribution in [1.82, 2.24) is 5.16 Å². The topological polar surface area (TPSA) is 61.3 Å². The molecule has 84 valence electrons. The zero-order chi connectivity index (χ0) is 11.7. The fourth-order valence-corrected chi connectivity index (χ4v) is 1.78. The van der Waals surface area contributed by atoms with Crippen LogP contribution in [0, 0.1) is 0 Å². The number of benzene rings is 1. The van der Waals surface area contributed by atoms with Gasteiger partial charge in [0.25, 0.3) is 0 Å². The summed E-state index contributed by atoms with van der Waals surface area (Å²) in [4.78, 5) is 0. The molecular weight excluding hydrogens is 251 g/mol. The highest BCUT2D eigenvalue weighted by atomic mass is 35.5. The van der Waals surface area contributed by atoms with Gasteiger partial charge >= 0.3 is 0 Å². The third-order valence-corrected chi connectivity index (χ3v) is 2.64. The van der Waals surface area contributed by atoms with Crippen molar-refractivity contribution in [3.63, 3.8) is 0 Å². The van der Waals surface area contributed by atoms with Crippen LogP contribution in [0.3, 0.4) is 0 Å². The first-order valence-electron chi connectivity index (χ1n) is 4.37. The Kier molecular flexibility index (Phi) is 2.94. The lowest BCUT2D eigenvalue weighted by molar-refractivity contribution is 0.414. The molecule has 0 bridgehead atoms. The molecule has 1 aromatic carbocycles. The zero-order valence-electron chi connectivity index (χ0n) is 8.33. The molecule has 0 amide bonds. The Balaban J connectivity index is 2.54. The van der Waals surface area contributed by atoms with Crippen LogP contribution in [-0.2, 0) is 0 Å². The van der Waals surface area contributed by atoms with Gasteiger partial charge < -0.3 is 15.0 Å². The highest BCUT2D eigenvalue weighted by molar-refractivity contribution is 6.36. The second-order valence-electron chi connectivity index (χ2n) is 3.08. The molecule has 0 unspecified atom stereocenters. The van der Waals surface area contributed by atoms with E-state index in [1.807, 2.05) is 0 Å². The van der Waals surface area contributed by atoms with Crippen LogP contribution in [0.1, 0.15) is 0 Å². The Morgan fingerprint density at radius 3 is 2.56 bits per heavy atom. The summed E-state index contributed by atoms with van der Waals surface area (Å²) in [5.41, 5.74) is 6.08. The summed E-state index contributed by atoms with van der Waals surface area (Å²) in [6.07, 6.45) is 0. The maximum absolute atomic E-state index is 6.06. The van der Waals surface area contributed by atoms with E-state index < -0.39 is 0 Å². The molecular formula is C10H8Cl2N2O2. The summed E-state index contributed by atoms with van der Waals surface area (Å²) in [5.74, 6) is 1.26. The number of aromatic nitrogens is 1. The molecule has 1 aromatic heterocycles. The lowest BCUT2D eigenvalue weighted by Crippen LogP contribution is -1.86. The van der Waals surface area contributed by atoms with E-state index in [4.69, 9.17) is 38.2 Å². The Morgan fingerprint density at radius 2 is 2.00 bits per heavy atom. The SMILES string of the molecule is COc1cc(Cl)c(-c2cc(N)no2)cc1Cl. The fourth-order valence-electron chi connectivity index (χ4n) is 1.29. The van der Waals surface area contributed by atoms with E-state index in [0.29, 0.717) is 27.1 Å². The summed E-state index contributed by atoms with van der Waals surface area (Å²) in [7, 11) is 1.52. The minimum Gasteiger partial charge on any atom is -0.495 e. The van der Waals surface area contributed by atoms with Crippen LogP contribution >= 0.6 is 23.2 Å². The Hall–Kier alpha value is -1.39. The van der Waals surface area contributed by atoms with Crippen molar-refractivity contribution in [1.29, 1.82) is 0 Å². The van der Waals surface area contributed by atoms with Crippen molar-refractivity contribution in [2.75, 3.05) is 12.8 Å². The number of nitrogen functional groups attached to an aromatic ring is 1. The Bertz CT molecular complexity index is 526. The predicted molar refractivity (Wildman–Crippen MR) is 62.9 cm³/mol. The second kappa shape index (κ2) is 4.23. The van der Waals surface area contributed by atoms with E-state index in [0.717, 1.165) is 0 Å². The molecule has 0 aliphatic carbocycles. The summed E-state index contributed by atoms with van der Waals surface area (Å²) in [6.45, 7) is 0. The minimum atomic E-state index is 0.290. The van der Waals surface area contributed by atoms with Gasteiger partial charge in [-0.1, -0.05) is 28.4 Å². The van der Waals surface area contributed by atoms with E-state index in [1.165, 1.54) is 7.11 Å². The van der Waals surface area contributed by atoms with Crippen LogP contribution in [0.2, 0.25) is 10.0 Å². The normalized spacial score (nSPS) is 10.4.